The lowest BCUT2D eigenvalue weighted by atomic mass is 9.51. The van der Waals surface area contributed by atoms with Gasteiger partial charge < -0.3 is 4.74 Å². The number of nitro groups is 1. The summed E-state index contributed by atoms with van der Waals surface area (Å²) in [6.45, 7) is 1.92. The average molecular weight is 468 g/mol. The number of nitrogens with zero attached hydrogens (tertiary/aromatic N) is 2. The van der Waals surface area contributed by atoms with Gasteiger partial charge in [-0.1, -0.05) is 48.5 Å². The highest BCUT2D eigenvalue weighted by Crippen LogP contribution is 2.64. The van der Waals surface area contributed by atoms with Crippen molar-refractivity contribution in [3.05, 3.63) is 111 Å². The summed E-state index contributed by atoms with van der Waals surface area (Å²) in [6.07, 6.45) is 0. The second kappa shape index (κ2) is 7.33. The van der Waals surface area contributed by atoms with E-state index < -0.39 is 46.0 Å². The van der Waals surface area contributed by atoms with Crippen molar-refractivity contribution < 1.29 is 24.0 Å². The molecule has 8 nitrogen and oxygen atoms in total. The van der Waals surface area contributed by atoms with Crippen molar-refractivity contribution >= 4 is 23.5 Å². The van der Waals surface area contributed by atoms with Crippen LogP contribution in [0, 0.1) is 22.0 Å². The van der Waals surface area contributed by atoms with Crippen molar-refractivity contribution in [1.29, 1.82) is 0 Å². The van der Waals surface area contributed by atoms with Gasteiger partial charge in [0.25, 0.3) is 5.54 Å². The van der Waals surface area contributed by atoms with E-state index in [1.165, 1.54) is 24.3 Å². The van der Waals surface area contributed by atoms with E-state index in [0.29, 0.717) is 22.3 Å². The number of carbonyl (C=O) groups is 3. The number of rotatable bonds is 4. The molecule has 2 amide bonds. The van der Waals surface area contributed by atoms with Crippen LogP contribution in [0.15, 0.2) is 72.8 Å². The van der Waals surface area contributed by atoms with Crippen molar-refractivity contribution in [3.63, 3.8) is 0 Å². The lowest BCUT2D eigenvalue weighted by Crippen LogP contribution is -2.57. The highest BCUT2D eigenvalue weighted by molar-refractivity contribution is 6.23. The molecule has 0 unspecified atom stereocenters. The summed E-state index contributed by atoms with van der Waals surface area (Å²) in [7, 11) is 0. The van der Waals surface area contributed by atoms with Gasteiger partial charge in [0.1, 0.15) is 5.92 Å². The smallest absolute Gasteiger partial charge is 0.338 e. The lowest BCUT2D eigenvalue weighted by molar-refractivity contribution is -0.578. The van der Waals surface area contributed by atoms with Crippen molar-refractivity contribution in [2.75, 3.05) is 11.5 Å². The fourth-order valence-corrected chi connectivity index (χ4v) is 6.26. The number of imide groups is 1. The third-order valence-corrected chi connectivity index (χ3v) is 7.50. The van der Waals surface area contributed by atoms with E-state index in [2.05, 4.69) is 0 Å². The van der Waals surface area contributed by atoms with Crippen molar-refractivity contribution in [1.82, 2.24) is 0 Å². The molecule has 2 bridgehead atoms. The number of hydrogen-bond donors (Lipinski definition) is 0. The van der Waals surface area contributed by atoms with Gasteiger partial charge in [0, 0.05) is 22.0 Å². The van der Waals surface area contributed by atoms with Gasteiger partial charge in [0.2, 0.25) is 11.8 Å². The Labute approximate surface area is 200 Å². The molecule has 2 atom stereocenters. The molecular formula is C27H20N2O6. The molecule has 0 N–H and O–H groups in total. The van der Waals surface area contributed by atoms with Crippen molar-refractivity contribution in [2.24, 2.45) is 11.8 Å². The Bertz CT molecular complexity index is 1380. The van der Waals surface area contributed by atoms with E-state index >= 15 is 0 Å². The molecule has 3 aliphatic carbocycles. The molecule has 7 rings (SSSR count). The van der Waals surface area contributed by atoms with Crippen LogP contribution in [-0.4, -0.2) is 29.3 Å². The maximum Gasteiger partial charge on any atom is 0.338 e. The molecule has 1 aliphatic heterocycles. The standard InChI is InChI=1S/C27H20N2O6/c1-2-35-26(32)15-11-13-16(14-12-15)28-24(30)22-21-17-7-3-5-9-19(17)27(29(33)34,23(22)25(28)31)20-10-6-4-8-18(20)21/h3-14,21-23H,2H2,1H3/t21?,22-,23-,27?/m0/s1. The number of carbonyl (C=O) groups excluding carboxylic acids is 3. The highest BCUT2D eigenvalue weighted by Gasteiger charge is 2.74. The maximum absolute atomic E-state index is 13.9. The number of anilines is 1. The van der Waals surface area contributed by atoms with Crippen LogP contribution >= 0.6 is 0 Å². The largest absolute Gasteiger partial charge is 0.462 e. The first kappa shape index (κ1) is 21.2. The van der Waals surface area contributed by atoms with Crippen LogP contribution in [0.1, 0.15) is 45.5 Å². The molecule has 3 aromatic carbocycles. The molecule has 0 aromatic heterocycles. The van der Waals surface area contributed by atoms with Gasteiger partial charge in [-0.3, -0.25) is 19.7 Å². The van der Waals surface area contributed by atoms with Gasteiger partial charge in [-0.25, -0.2) is 9.69 Å². The Balaban J connectivity index is 1.53. The van der Waals surface area contributed by atoms with Gasteiger partial charge in [-0.2, -0.15) is 0 Å². The normalized spacial score (nSPS) is 25.6. The third kappa shape index (κ3) is 2.53. The molecule has 35 heavy (non-hydrogen) atoms. The molecular weight excluding hydrogens is 448 g/mol. The molecule has 0 radical (unpaired) electrons. The highest BCUT2D eigenvalue weighted by atomic mass is 16.6. The third-order valence-electron chi connectivity index (χ3n) is 7.50. The number of hydrogen-bond acceptors (Lipinski definition) is 6. The summed E-state index contributed by atoms with van der Waals surface area (Å²) in [5, 5.41) is 12.9. The van der Waals surface area contributed by atoms with Crippen LogP contribution in [-0.2, 0) is 19.9 Å². The van der Waals surface area contributed by atoms with Crippen LogP contribution in [0.2, 0.25) is 0 Å². The fourth-order valence-electron chi connectivity index (χ4n) is 6.26. The second-order valence-corrected chi connectivity index (χ2v) is 8.96. The predicted octanol–water partition coefficient (Wildman–Crippen LogP) is 3.65. The summed E-state index contributed by atoms with van der Waals surface area (Å²) in [5.74, 6) is -4.12. The minimum Gasteiger partial charge on any atom is -0.462 e. The predicted molar refractivity (Wildman–Crippen MR) is 124 cm³/mol. The fraction of sp³-hybridized carbons (Fsp3) is 0.222. The van der Waals surface area contributed by atoms with E-state index in [1.807, 2.05) is 12.1 Å². The van der Waals surface area contributed by atoms with Crippen LogP contribution in [0.5, 0.6) is 0 Å². The molecule has 8 heteroatoms. The molecule has 1 saturated heterocycles. The Morgan fingerprint density at radius 3 is 2.06 bits per heavy atom. The van der Waals surface area contributed by atoms with E-state index in [-0.39, 0.29) is 17.9 Å². The Hall–Kier alpha value is -4.33. The molecule has 0 spiro atoms. The molecule has 3 aromatic rings. The van der Waals surface area contributed by atoms with E-state index in [4.69, 9.17) is 4.74 Å². The summed E-state index contributed by atoms with van der Waals surface area (Å²) in [6, 6.07) is 20.1. The zero-order chi connectivity index (χ0) is 24.5. The minimum atomic E-state index is -1.86. The average Bonchev–Trinajstić information content (AvgIpc) is 3.14. The molecule has 4 aliphatic rings. The first-order valence-electron chi connectivity index (χ1n) is 11.4. The van der Waals surface area contributed by atoms with E-state index in [0.717, 1.165) is 4.90 Å². The molecule has 1 fully saturated rings. The summed E-state index contributed by atoms with van der Waals surface area (Å²) < 4.78 is 5.00. The van der Waals surface area contributed by atoms with E-state index in [1.54, 1.807) is 43.3 Å². The second-order valence-electron chi connectivity index (χ2n) is 8.96. The Morgan fingerprint density at radius 1 is 0.943 bits per heavy atom. The van der Waals surface area contributed by atoms with Gasteiger partial charge >= 0.3 is 5.97 Å². The maximum atomic E-state index is 13.9. The van der Waals surface area contributed by atoms with Crippen molar-refractivity contribution in [2.45, 2.75) is 18.4 Å². The zero-order valence-corrected chi connectivity index (χ0v) is 18.7. The topological polar surface area (TPSA) is 107 Å². The quantitative estimate of drug-likeness (QED) is 0.250. The van der Waals surface area contributed by atoms with Crippen LogP contribution in [0.4, 0.5) is 5.69 Å². The Kier molecular flexibility index (Phi) is 4.45. The number of esters is 1. The van der Waals surface area contributed by atoms with Gasteiger partial charge in [-0.15, -0.1) is 0 Å². The van der Waals surface area contributed by atoms with Gasteiger partial charge in [0.15, 0.2) is 0 Å². The summed E-state index contributed by atoms with van der Waals surface area (Å²) in [4.78, 5) is 53.4. The van der Waals surface area contributed by atoms with E-state index in [9.17, 15) is 24.5 Å². The Morgan fingerprint density at radius 2 is 1.51 bits per heavy atom. The number of ether oxygens (including phenoxy) is 1. The van der Waals surface area contributed by atoms with Gasteiger partial charge in [0.05, 0.1) is 23.8 Å². The van der Waals surface area contributed by atoms with Crippen molar-refractivity contribution in [3.8, 4) is 0 Å². The molecule has 0 saturated carbocycles. The first-order valence-corrected chi connectivity index (χ1v) is 11.4. The minimum absolute atomic E-state index is 0.221. The summed E-state index contributed by atoms with van der Waals surface area (Å²) in [5.41, 5.74) is 1.06. The molecule has 1 heterocycles. The number of benzene rings is 3. The van der Waals surface area contributed by atoms with Crippen LogP contribution < -0.4 is 4.90 Å². The van der Waals surface area contributed by atoms with Gasteiger partial charge in [-0.05, 0) is 42.3 Å². The monoisotopic (exact) mass is 468 g/mol. The summed E-state index contributed by atoms with van der Waals surface area (Å²) >= 11 is 0. The SMILES string of the molecule is CCOC(=O)c1ccc(N2C(=O)[C@@H]3[C@@H](C2=O)C2c4ccccc4C3([N+](=O)[O-])c3ccccc32)cc1. The zero-order valence-electron chi connectivity index (χ0n) is 18.7. The lowest BCUT2D eigenvalue weighted by Gasteiger charge is -2.48. The molecule has 174 valence electrons. The van der Waals surface area contributed by atoms with Crippen LogP contribution in [0.3, 0.4) is 0 Å². The number of amides is 2. The van der Waals surface area contributed by atoms with Crippen LogP contribution in [0.25, 0.3) is 0 Å². The first-order chi connectivity index (χ1) is 16.9.